The number of hydrogen-bond acceptors (Lipinski definition) is 5. The van der Waals surface area contributed by atoms with Gasteiger partial charge in [-0.25, -0.2) is 10.9 Å². The Labute approximate surface area is 162 Å². The van der Waals surface area contributed by atoms with Gasteiger partial charge in [0.1, 0.15) is 11.8 Å². The summed E-state index contributed by atoms with van der Waals surface area (Å²) >= 11 is 6.01. The third kappa shape index (κ3) is 4.97. The summed E-state index contributed by atoms with van der Waals surface area (Å²) in [6.45, 7) is 1.58. The van der Waals surface area contributed by atoms with Gasteiger partial charge < -0.3 is 4.74 Å². The van der Waals surface area contributed by atoms with Gasteiger partial charge in [-0.05, 0) is 31.0 Å². The number of benzene rings is 2. The second-order valence-corrected chi connectivity index (χ2v) is 6.62. The van der Waals surface area contributed by atoms with Crippen molar-refractivity contribution in [3.63, 3.8) is 0 Å². The number of hydrogen-bond donors (Lipinski definition) is 4. The summed E-state index contributed by atoms with van der Waals surface area (Å²) in [5.41, 5.74) is 11.9. The molecule has 27 heavy (non-hydrogen) atoms. The van der Waals surface area contributed by atoms with E-state index in [0.29, 0.717) is 17.2 Å². The first-order valence-corrected chi connectivity index (χ1v) is 8.99. The van der Waals surface area contributed by atoms with Crippen LogP contribution in [0.5, 0.6) is 5.75 Å². The summed E-state index contributed by atoms with van der Waals surface area (Å²) in [4.78, 5) is 24.4. The molecule has 0 aliphatic carbocycles. The zero-order chi connectivity index (χ0) is 19.2. The predicted octanol–water partition coefficient (Wildman–Crippen LogP) is 1.86. The minimum absolute atomic E-state index is 0.0279. The molecule has 2 amide bonds. The first-order chi connectivity index (χ1) is 13.0. The summed E-state index contributed by atoms with van der Waals surface area (Å²) in [5.74, 6) is -0.409. The highest BCUT2D eigenvalue weighted by atomic mass is 35.5. The van der Waals surface area contributed by atoms with Gasteiger partial charge in [0.05, 0.1) is 5.02 Å². The maximum absolute atomic E-state index is 12.3. The van der Waals surface area contributed by atoms with Crippen LogP contribution in [0, 0.1) is 0 Å². The quantitative estimate of drug-likeness (QED) is 0.587. The maximum Gasteiger partial charge on any atom is 0.279 e. The Morgan fingerprint density at radius 1 is 1.07 bits per heavy atom. The van der Waals surface area contributed by atoms with E-state index in [1.54, 1.807) is 31.2 Å². The maximum atomic E-state index is 12.3. The highest BCUT2D eigenvalue weighted by Crippen LogP contribution is 2.24. The standard InChI is InChI=1S/C19H21ClN4O3/c1-12(27-17-10-6-5-9-14(17)20)18(25)23-24-19(26)16-11-15(21-22-16)13-7-3-2-4-8-13/h2-10,12,15-16,21-22H,11H2,1H3,(H,23,25)(H,24,26). The first kappa shape index (κ1) is 19.2. The number of carbonyl (C=O) groups is 2. The van der Waals surface area contributed by atoms with Crippen LogP contribution >= 0.6 is 11.6 Å². The molecule has 2 aromatic rings. The molecule has 1 saturated heterocycles. The fraction of sp³-hybridized carbons (Fsp3) is 0.263. The largest absolute Gasteiger partial charge is 0.479 e. The van der Waals surface area contributed by atoms with Crippen LogP contribution in [0.3, 0.4) is 0 Å². The lowest BCUT2D eigenvalue weighted by Gasteiger charge is -2.17. The predicted molar refractivity (Wildman–Crippen MR) is 102 cm³/mol. The van der Waals surface area contributed by atoms with Crippen LogP contribution in [0.1, 0.15) is 24.9 Å². The number of para-hydroxylation sites is 1. The van der Waals surface area contributed by atoms with E-state index in [1.807, 2.05) is 30.3 Å². The van der Waals surface area contributed by atoms with Crippen LogP contribution in [0.4, 0.5) is 0 Å². The topological polar surface area (TPSA) is 91.5 Å². The molecule has 1 aliphatic heterocycles. The monoisotopic (exact) mass is 388 g/mol. The van der Waals surface area contributed by atoms with Crippen molar-refractivity contribution in [2.75, 3.05) is 0 Å². The van der Waals surface area contributed by atoms with Crippen molar-refractivity contribution in [2.24, 2.45) is 0 Å². The molecule has 142 valence electrons. The molecule has 4 N–H and O–H groups in total. The van der Waals surface area contributed by atoms with E-state index in [4.69, 9.17) is 16.3 Å². The summed E-state index contributed by atoms with van der Waals surface area (Å²) in [6, 6.07) is 16.3. The zero-order valence-corrected chi connectivity index (χ0v) is 15.5. The van der Waals surface area contributed by atoms with Crippen LogP contribution in [0.2, 0.25) is 5.02 Å². The van der Waals surface area contributed by atoms with E-state index in [9.17, 15) is 9.59 Å². The smallest absolute Gasteiger partial charge is 0.279 e. The fourth-order valence-electron chi connectivity index (χ4n) is 2.73. The summed E-state index contributed by atoms with van der Waals surface area (Å²) in [7, 11) is 0. The van der Waals surface area contributed by atoms with Gasteiger partial charge >= 0.3 is 0 Å². The van der Waals surface area contributed by atoms with Gasteiger partial charge in [0.2, 0.25) is 0 Å². The Morgan fingerprint density at radius 2 is 1.78 bits per heavy atom. The van der Waals surface area contributed by atoms with Crippen molar-refractivity contribution in [3.05, 3.63) is 65.2 Å². The Bertz CT molecular complexity index is 803. The second kappa shape index (κ2) is 8.85. The number of rotatable bonds is 5. The van der Waals surface area contributed by atoms with E-state index in [2.05, 4.69) is 21.7 Å². The minimum atomic E-state index is -0.822. The van der Waals surface area contributed by atoms with Crippen molar-refractivity contribution in [1.82, 2.24) is 21.7 Å². The lowest BCUT2D eigenvalue weighted by Crippen LogP contribution is -2.52. The molecule has 0 aromatic heterocycles. The molecule has 8 heteroatoms. The van der Waals surface area contributed by atoms with E-state index >= 15 is 0 Å². The fourth-order valence-corrected chi connectivity index (χ4v) is 2.91. The number of ether oxygens (including phenoxy) is 1. The molecule has 3 rings (SSSR count). The van der Waals surface area contributed by atoms with Gasteiger partial charge in [0, 0.05) is 6.04 Å². The highest BCUT2D eigenvalue weighted by Gasteiger charge is 2.30. The Kier molecular flexibility index (Phi) is 6.28. The molecule has 1 aliphatic rings. The Balaban J connectivity index is 1.46. The molecular formula is C19H21ClN4O3. The molecule has 0 spiro atoms. The molecule has 2 aromatic carbocycles. The van der Waals surface area contributed by atoms with Crippen molar-refractivity contribution >= 4 is 23.4 Å². The molecule has 1 heterocycles. The van der Waals surface area contributed by atoms with Crippen LogP contribution in [0.15, 0.2) is 54.6 Å². The zero-order valence-electron chi connectivity index (χ0n) is 14.7. The number of carbonyl (C=O) groups excluding carboxylic acids is 2. The van der Waals surface area contributed by atoms with E-state index in [-0.39, 0.29) is 11.9 Å². The van der Waals surface area contributed by atoms with Gasteiger partial charge in [-0.3, -0.25) is 20.4 Å². The third-order valence-electron chi connectivity index (χ3n) is 4.24. The van der Waals surface area contributed by atoms with Gasteiger partial charge in [-0.15, -0.1) is 0 Å². The van der Waals surface area contributed by atoms with Gasteiger partial charge in [0.25, 0.3) is 11.8 Å². The molecular weight excluding hydrogens is 368 g/mol. The third-order valence-corrected chi connectivity index (χ3v) is 4.55. The lowest BCUT2D eigenvalue weighted by molar-refractivity contribution is -0.133. The van der Waals surface area contributed by atoms with Gasteiger partial charge in [-0.1, -0.05) is 54.1 Å². The van der Waals surface area contributed by atoms with Gasteiger partial charge in [-0.2, -0.15) is 0 Å². The SMILES string of the molecule is CC(Oc1ccccc1Cl)C(=O)NNC(=O)C1CC(c2ccccc2)NN1. The summed E-state index contributed by atoms with van der Waals surface area (Å²) < 4.78 is 5.52. The second-order valence-electron chi connectivity index (χ2n) is 6.21. The molecule has 7 nitrogen and oxygen atoms in total. The Hall–Kier alpha value is -2.61. The summed E-state index contributed by atoms with van der Waals surface area (Å²) in [6.07, 6.45) is -0.255. The normalized spacial score (nSPS) is 19.9. The van der Waals surface area contributed by atoms with Crippen LogP contribution in [-0.2, 0) is 9.59 Å². The average Bonchev–Trinajstić information content (AvgIpc) is 3.18. The van der Waals surface area contributed by atoms with Crippen molar-refractivity contribution in [3.8, 4) is 5.75 Å². The van der Waals surface area contributed by atoms with Gasteiger partial charge in [0.15, 0.2) is 6.10 Å². The number of amides is 2. The van der Waals surface area contributed by atoms with Crippen molar-refractivity contribution in [1.29, 1.82) is 0 Å². The molecule has 3 unspecified atom stereocenters. The average molecular weight is 389 g/mol. The van der Waals surface area contributed by atoms with Crippen molar-refractivity contribution in [2.45, 2.75) is 31.5 Å². The molecule has 0 radical (unpaired) electrons. The summed E-state index contributed by atoms with van der Waals surface area (Å²) in [5, 5.41) is 0.411. The number of nitrogens with one attached hydrogen (secondary N) is 4. The van der Waals surface area contributed by atoms with E-state index in [1.165, 1.54) is 0 Å². The van der Waals surface area contributed by atoms with Crippen LogP contribution in [-0.4, -0.2) is 24.0 Å². The molecule has 0 saturated carbocycles. The highest BCUT2D eigenvalue weighted by molar-refractivity contribution is 6.32. The first-order valence-electron chi connectivity index (χ1n) is 8.61. The van der Waals surface area contributed by atoms with E-state index in [0.717, 1.165) is 5.56 Å². The molecule has 1 fully saturated rings. The number of halogens is 1. The van der Waals surface area contributed by atoms with Crippen LogP contribution < -0.4 is 26.4 Å². The molecule has 0 bridgehead atoms. The lowest BCUT2D eigenvalue weighted by atomic mass is 10.0. The van der Waals surface area contributed by atoms with E-state index < -0.39 is 18.1 Å². The van der Waals surface area contributed by atoms with Crippen molar-refractivity contribution < 1.29 is 14.3 Å². The van der Waals surface area contributed by atoms with Crippen LogP contribution in [0.25, 0.3) is 0 Å². The minimum Gasteiger partial charge on any atom is -0.479 e. The molecule has 3 atom stereocenters. The Morgan fingerprint density at radius 3 is 2.52 bits per heavy atom. The number of hydrazine groups is 2.